The van der Waals surface area contributed by atoms with E-state index in [1.165, 1.54) is 5.56 Å². The van der Waals surface area contributed by atoms with E-state index < -0.39 is 0 Å². The molecule has 0 unspecified atom stereocenters. The van der Waals surface area contributed by atoms with Crippen LogP contribution in [-0.4, -0.2) is 24.5 Å². The van der Waals surface area contributed by atoms with E-state index in [9.17, 15) is 5.11 Å². The van der Waals surface area contributed by atoms with Crippen molar-refractivity contribution < 1.29 is 14.6 Å². The normalized spacial score (nSPS) is 17.1. The number of fused-ring (bicyclic) bond motifs is 1. The second-order valence-corrected chi connectivity index (χ2v) is 6.43. The lowest BCUT2D eigenvalue weighted by Crippen LogP contribution is -2.33. The molecule has 1 aliphatic rings. The van der Waals surface area contributed by atoms with E-state index in [-0.39, 0.29) is 17.6 Å². The highest BCUT2D eigenvalue weighted by molar-refractivity contribution is 5.45. The van der Waals surface area contributed by atoms with E-state index >= 15 is 0 Å². The minimum atomic E-state index is -0.271. The van der Waals surface area contributed by atoms with Crippen molar-refractivity contribution in [2.45, 2.75) is 46.3 Å². The molecule has 20 heavy (non-hydrogen) atoms. The van der Waals surface area contributed by atoms with Gasteiger partial charge in [0.1, 0.15) is 0 Å². The molecule has 0 saturated carbocycles. The fourth-order valence-corrected chi connectivity index (χ4v) is 2.60. The van der Waals surface area contributed by atoms with Crippen LogP contribution in [0.15, 0.2) is 18.2 Å². The molecule has 1 aromatic rings. The molecule has 0 bridgehead atoms. The Labute approximate surface area is 121 Å². The molecule has 0 saturated heterocycles. The van der Waals surface area contributed by atoms with Gasteiger partial charge in [-0.2, -0.15) is 0 Å². The lowest BCUT2D eigenvalue weighted by Gasteiger charge is -2.28. The first kappa shape index (κ1) is 15.1. The smallest absolute Gasteiger partial charge is 0.231 e. The van der Waals surface area contributed by atoms with Crippen LogP contribution >= 0.6 is 0 Å². The van der Waals surface area contributed by atoms with Gasteiger partial charge in [-0.1, -0.05) is 19.9 Å². The number of aliphatic hydroxyl groups excluding tert-OH is 1. The van der Waals surface area contributed by atoms with Crippen LogP contribution in [0.5, 0.6) is 11.5 Å². The number of rotatable bonds is 6. The molecule has 4 nitrogen and oxygen atoms in total. The van der Waals surface area contributed by atoms with Crippen molar-refractivity contribution in [2.24, 2.45) is 5.41 Å². The first-order chi connectivity index (χ1) is 9.37. The van der Waals surface area contributed by atoms with Gasteiger partial charge in [0.2, 0.25) is 6.79 Å². The first-order valence-corrected chi connectivity index (χ1v) is 7.18. The third-order valence-electron chi connectivity index (χ3n) is 3.63. The van der Waals surface area contributed by atoms with Gasteiger partial charge in [-0.15, -0.1) is 0 Å². The Morgan fingerprint density at radius 1 is 1.25 bits per heavy atom. The van der Waals surface area contributed by atoms with Crippen LogP contribution in [0.1, 0.15) is 45.7 Å². The number of nitrogens with one attached hydrogen (secondary N) is 1. The summed E-state index contributed by atoms with van der Waals surface area (Å²) >= 11 is 0. The monoisotopic (exact) mass is 279 g/mol. The predicted molar refractivity (Wildman–Crippen MR) is 79.1 cm³/mol. The summed E-state index contributed by atoms with van der Waals surface area (Å²) in [5, 5.41) is 13.0. The van der Waals surface area contributed by atoms with E-state index in [0.717, 1.165) is 24.5 Å². The molecule has 1 heterocycles. The number of benzene rings is 1. The lowest BCUT2D eigenvalue weighted by molar-refractivity contribution is 0.127. The van der Waals surface area contributed by atoms with Gasteiger partial charge >= 0.3 is 0 Å². The highest BCUT2D eigenvalue weighted by atomic mass is 16.7. The highest BCUT2D eigenvalue weighted by Gasteiger charge is 2.22. The lowest BCUT2D eigenvalue weighted by atomic mass is 9.86. The Morgan fingerprint density at radius 2 is 1.95 bits per heavy atom. The minimum Gasteiger partial charge on any atom is -0.454 e. The molecule has 112 valence electrons. The van der Waals surface area contributed by atoms with Crippen LogP contribution < -0.4 is 14.8 Å². The zero-order valence-electron chi connectivity index (χ0n) is 12.8. The third-order valence-corrected chi connectivity index (χ3v) is 3.63. The van der Waals surface area contributed by atoms with Crippen LogP contribution in [0.2, 0.25) is 0 Å². The third kappa shape index (κ3) is 3.87. The minimum absolute atomic E-state index is 0.0682. The van der Waals surface area contributed by atoms with Crippen LogP contribution in [0, 0.1) is 5.41 Å². The summed E-state index contributed by atoms with van der Waals surface area (Å²) in [7, 11) is 0. The molecule has 0 spiro atoms. The van der Waals surface area contributed by atoms with E-state index in [1.807, 2.05) is 19.1 Å². The fraction of sp³-hybridized carbons (Fsp3) is 0.625. The zero-order chi connectivity index (χ0) is 14.8. The standard InChI is InChI=1S/C16H25NO3/c1-11(18)8-16(3,4)9-17-12(2)13-5-6-14-15(7-13)20-10-19-14/h5-7,11-12,17-18H,8-10H2,1-4H3/t11-,12+/m1/s1. The van der Waals surface area contributed by atoms with Crippen molar-refractivity contribution >= 4 is 0 Å². The molecule has 2 N–H and O–H groups in total. The summed E-state index contributed by atoms with van der Waals surface area (Å²) in [4.78, 5) is 0. The van der Waals surface area contributed by atoms with Gasteiger partial charge < -0.3 is 19.9 Å². The van der Waals surface area contributed by atoms with Crippen molar-refractivity contribution in [3.8, 4) is 11.5 Å². The van der Waals surface area contributed by atoms with Gasteiger partial charge in [0.05, 0.1) is 6.10 Å². The molecule has 0 amide bonds. The molecular formula is C16H25NO3. The van der Waals surface area contributed by atoms with Crippen LogP contribution in [0.3, 0.4) is 0 Å². The van der Waals surface area contributed by atoms with Crippen LogP contribution in [-0.2, 0) is 0 Å². The van der Waals surface area contributed by atoms with Crippen molar-refractivity contribution in [2.75, 3.05) is 13.3 Å². The Balaban J connectivity index is 1.93. The summed E-state index contributed by atoms with van der Waals surface area (Å²) in [6.45, 7) is 9.46. The summed E-state index contributed by atoms with van der Waals surface area (Å²) in [5.74, 6) is 1.63. The maximum absolute atomic E-state index is 9.52. The number of hydrogen-bond acceptors (Lipinski definition) is 4. The molecule has 0 aromatic heterocycles. The topological polar surface area (TPSA) is 50.7 Å². The predicted octanol–water partition coefficient (Wildman–Crippen LogP) is 2.86. The van der Waals surface area contributed by atoms with E-state index in [0.29, 0.717) is 6.79 Å². The van der Waals surface area contributed by atoms with Gasteiger partial charge in [-0.05, 0) is 43.4 Å². The van der Waals surface area contributed by atoms with Gasteiger partial charge in [0.25, 0.3) is 0 Å². The molecule has 0 fully saturated rings. The Morgan fingerprint density at radius 3 is 2.65 bits per heavy atom. The molecular weight excluding hydrogens is 254 g/mol. The zero-order valence-corrected chi connectivity index (χ0v) is 12.8. The molecule has 0 aliphatic carbocycles. The summed E-state index contributed by atoms with van der Waals surface area (Å²) in [6, 6.07) is 6.28. The SMILES string of the molecule is C[C@H](NCC(C)(C)C[C@@H](C)O)c1ccc2c(c1)OCO2. The van der Waals surface area contributed by atoms with E-state index in [2.05, 4.69) is 32.2 Å². The fourth-order valence-electron chi connectivity index (χ4n) is 2.60. The van der Waals surface area contributed by atoms with Gasteiger partial charge in [0, 0.05) is 12.6 Å². The summed E-state index contributed by atoms with van der Waals surface area (Å²) < 4.78 is 10.7. The van der Waals surface area contributed by atoms with Crippen molar-refractivity contribution in [1.82, 2.24) is 5.32 Å². The van der Waals surface area contributed by atoms with E-state index in [1.54, 1.807) is 0 Å². The Bertz CT molecular complexity index is 457. The summed E-state index contributed by atoms with van der Waals surface area (Å²) in [6.07, 6.45) is 0.515. The molecule has 1 aliphatic heterocycles. The largest absolute Gasteiger partial charge is 0.454 e. The van der Waals surface area contributed by atoms with Crippen molar-refractivity contribution in [3.63, 3.8) is 0 Å². The Kier molecular flexibility index (Phi) is 4.55. The second-order valence-electron chi connectivity index (χ2n) is 6.43. The van der Waals surface area contributed by atoms with Gasteiger partial charge in [-0.25, -0.2) is 0 Å². The average molecular weight is 279 g/mol. The van der Waals surface area contributed by atoms with Gasteiger partial charge in [-0.3, -0.25) is 0 Å². The highest BCUT2D eigenvalue weighted by Crippen LogP contribution is 2.34. The first-order valence-electron chi connectivity index (χ1n) is 7.18. The number of ether oxygens (including phenoxy) is 2. The van der Waals surface area contributed by atoms with Gasteiger partial charge in [0.15, 0.2) is 11.5 Å². The number of aliphatic hydroxyl groups is 1. The van der Waals surface area contributed by atoms with E-state index in [4.69, 9.17) is 9.47 Å². The van der Waals surface area contributed by atoms with Crippen LogP contribution in [0.25, 0.3) is 0 Å². The van der Waals surface area contributed by atoms with Crippen molar-refractivity contribution in [1.29, 1.82) is 0 Å². The second kappa shape index (κ2) is 6.02. The molecule has 4 heteroatoms. The Hall–Kier alpha value is -1.26. The quantitative estimate of drug-likeness (QED) is 0.840. The number of hydrogen-bond donors (Lipinski definition) is 2. The molecule has 2 atom stereocenters. The van der Waals surface area contributed by atoms with Crippen LogP contribution in [0.4, 0.5) is 0 Å². The maximum Gasteiger partial charge on any atom is 0.231 e. The maximum atomic E-state index is 9.52. The molecule has 1 aromatic carbocycles. The molecule has 2 rings (SSSR count). The molecule has 0 radical (unpaired) electrons. The summed E-state index contributed by atoms with van der Waals surface area (Å²) in [5.41, 5.74) is 1.25. The average Bonchev–Trinajstić information content (AvgIpc) is 2.81. The van der Waals surface area contributed by atoms with Crippen molar-refractivity contribution in [3.05, 3.63) is 23.8 Å².